The number of rotatable bonds is 7. The Kier molecular flexibility index (Phi) is 5.78. The highest BCUT2D eigenvalue weighted by molar-refractivity contribution is 5.94. The minimum Gasteiger partial charge on any atom is -0.462 e. The summed E-state index contributed by atoms with van der Waals surface area (Å²) < 4.78 is 23.0. The van der Waals surface area contributed by atoms with E-state index in [2.05, 4.69) is 4.98 Å². The number of aryl methyl sites for hydroxylation is 1. The van der Waals surface area contributed by atoms with Crippen LogP contribution in [0, 0.1) is 6.92 Å². The second kappa shape index (κ2) is 8.11. The molecule has 1 aromatic heterocycles. The smallest absolute Gasteiger partial charge is 0.313 e. The molecule has 0 amide bonds. The van der Waals surface area contributed by atoms with Crippen molar-refractivity contribution in [2.75, 3.05) is 6.61 Å². The van der Waals surface area contributed by atoms with Crippen molar-refractivity contribution in [3.05, 3.63) is 22.1 Å². The molecule has 0 radical (unpaired) electrons. The van der Waals surface area contributed by atoms with Crippen LogP contribution in [0.3, 0.4) is 0 Å². The largest absolute Gasteiger partial charge is 0.462 e. The first kappa shape index (κ1) is 20.6. The predicted octanol–water partition coefficient (Wildman–Crippen LogP) is -0.377. The van der Waals surface area contributed by atoms with Crippen LogP contribution in [0.25, 0.3) is 0 Å². The van der Waals surface area contributed by atoms with Gasteiger partial charge in [-0.05, 0) is 20.8 Å². The van der Waals surface area contributed by atoms with E-state index >= 15 is 0 Å². The van der Waals surface area contributed by atoms with Crippen molar-refractivity contribution in [1.82, 2.24) is 9.55 Å². The first-order valence-electron chi connectivity index (χ1n) is 8.92. The normalized spacial score (nSPS) is 24.2. The third-order valence-corrected chi connectivity index (χ3v) is 4.29. The molecule has 2 aliphatic rings. The maximum atomic E-state index is 12.3. The molecule has 0 aliphatic carbocycles. The molecule has 0 bridgehead atoms. The molecular weight excluding hydrogens is 388 g/mol. The van der Waals surface area contributed by atoms with E-state index in [1.54, 1.807) is 6.92 Å². The van der Waals surface area contributed by atoms with Gasteiger partial charge in [-0.25, -0.2) is 9.55 Å². The molecule has 0 unspecified atom stereocenters. The van der Waals surface area contributed by atoms with E-state index in [1.807, 2.05) is 0 Å². The fourth-order valence-corrected chi connectivity index (χ4v) is 3.16. The van der Waals surface area contributed by atoms with Crippen LogP contribution in [0.1, 0.15) is 38.6 Å². The molecule has 11 heteroatoms. The lowest BCUT2D eigenvalue weighted by Gasteiger charge is -2.21. The number of Topliss-reactive ketones (excluding diaryl/α,β-unsaturated/α-hetero) is 2. The van der Waals surface area contributed by atoms with Crippen LogP contribution in [0.15, 0.2) is 10.9 Å². The second-order valence-corrected chi connectivity index (χ2v) is 6.93. The zero-order valence-electron chi connectivity index (χ0n) is 16.1. The number of hydrogen-bond donors (Lipinski definition) is 0. The summed E-state index contributed by atoms with van der Waals surface area (Å²) in [6, 6.07) is 1.32. The van der Waals surface area contributed by atoms with Crippen molar-refractivity contribution in [2.24, 2.45) is 0 Å². The molecule has 0 N–H and O–H groups in total. The van der Waals surface area contributed by atoms with Gasteiger partial charge in [-0.1, -0.05) is 0 Å². The summed E-state index contributed by atoms with van der Waals surface area (Å²) in [6.45, 7) is 3.78. The van der Waals surface area contributed by atoms with E-state index in [0.717, 1.165) is 0 Å². The van der Waals surface area contributed by atoms with E-state index in [-0.39, 0.29) is 24.2 Å². The highest BCUT2D eigenvalue weighted by Crippen LogP contribution is 2.40. The molecule has 3 rings (SSSR count). The van der Waals surface area contributed by atoms with Crippen molar-refractivity contribution in [3.63, 3.8) is 0 Å². The van der Waals surface area contributed by atoms with Gasteiger partial charge in [0.15, 0.2) is 18.4 Å². The Morgan fingerprint density at radius 2 is 1.79 bits per heavy atom. The molecule has 1 aromatic rings. The van der Waals surface area contributed by atoms with Gasteiger partial charge < -0.3 is 18.9 Å². The lowest BCUT2D eigenvalue weighted by Crippen LogP contribution is -2.40. The predicted molar refractivity (Wildman–Crippen MR) is 93.0 cm³/mol. The zero-order chi connectivity index (χ0) is 21.3. The number of aromatic nitrogens is 2. The maximum Gasteiger partial charge on any atom is 0.313 e. The van der Waals surface area contributed by atoms with Crippen molar-refractivity contribution in [1.29, 1.82) is 0 Å². The zero-order valence-corrected chi connectivity index (χ0v) is 16.1. The number of carbonyl (C=O) groups is 4. The molecule has 0 saturated carbocycles. The van der Waals surface area contributed by atoms with Gasteiger partial charge in [0.1, 0.15) is 37.1 Å². The molecular formula is C18H20N2O9. The van der Waals surface area contributed by atoms with Crippen molar-refractivity contribution >= 4 is 23.5 Å². The summed E-state index contributed by atoms with van der Waals surface area (Å²) in [7, 11) is 0. The van der Waals surface area contributed by atoms with E-state index in [4.69, 9.17) is 18.9 Å². The number of carbonyl (C=O) groups excluding carboxylic acids is 4. The van der Waals surface area contributed by atoms with Crippen molar-refractivity contribution in [3.8, 4) is 6.01 Å². The lowest BCUT2D eigenvalue weighted by atomic mass is 10.1. The molecule has 156 valence electrons. The Labute approximate surface area is 164 Å². The molecule has 1 fully saturated rings. The minimum absolute atomic E-state index is 0.0182. The lowest BCUT2D eigenvalue weighted by molar-refractivity contribution is -0.161. The van der Waals surface area contributed by atoms with Crippen LogP contribution in [-0.4, -0.2) is 58.0 Å². The number of ketones is 2. The van der Waals surface area contributed by atoms with Crippen LogP contribution in [0.5, 0.6) is 6.01 Å². The Morgan fingerprint density at radius 3 is 2.45 bits per heavy atom. The summed E-state index contributed by atoms with van der Waals surface area (Å²) in [5.74, 6) is -2.32. The number of hydrogen-bond acceptors (Lipinski definition) is 10. The summed E-state index contributed by atoms with van der Waals surface area (Å²) in [6.07, 6.45) is -4.73. The topological polar surface area (TPSA) is 140 Å². The summed E-state index contributed by atoms with van der Waals surface area (Å²) >= 11 is 0. The Morgan fingerprint density at radius 1 is 1.14 bits per heavy atom. The molecule has 11 nitrogen and oxygen atoms in total. The van der Waals surface area contributed by atoms with E-state index in [1.165, 1.54) is 24.5 Å². The minimum atomic E-state index is -1.06. The summed E-state index contributed by atoms with van der Waals surface area (Å²) in [4.78, 5) is 62.4. The maximum absolute atomic E-state index is 12.3. The van der Waals surface area contributed by atoms with E-state index in [9.17, 15) is 24.0 Å². The summed E-state index contributed by atoms with van der Waals surface area (Å²) in [5, 5.41) is 0. The number of nitrogens with zero attached hydrogens (tertiary/aromatic N) is 2. The summed E-state index contributed by atoms with van der Waals surface area (Å²) in [5.41, 5.74) is 0.0316. The van der Waals surface area contributed by atoms with Gasteiger partial charge in [0.05, 0.1) is 0 Å². The SMILES string of the molecule is CC(=O)CC(=O)OC[C@H]1O[C@H]2[C@H](Oc3nc(C)cc(=O)n32)[C@@H]1OC(=O)CC(C)=O. The number of esters is 2. The number of ether oxygens (including phenoxy) is 4. The molecule has 4 atom stereocenters. The van der Waals surface area contributed by atoms with E-state index in [0.29, 0.717) is 5.69 Å². The first-order chi connectivity index (χ1) is 13.7. The monoisotopic (exact) mass is 408 g/mol. The van der Waals surface area contributed by atoms with Crippen LogP contribution in [-0.2, 0) is 33.4 Å². The van der Waals surface area contributed by atoms with Gasteiger partial charge in [0, 0.05) is 11.8 Å². The van der Waals surface area contributed by atoms with Gasteiger partial charge in [-0.3, -0.25) is 24.0 Å². The standard InChI is InChI=1S/C18H20N2O9/c1-8-4-12(23)20-17-16(29-18(20)19-8)15(28-14(25)6-10(3)22)11(27-17)7-26-13(24)5-9(2)21/h4,11,15-17H,5-7H2,1-3H3/t11-,15-,16-,17+/m1/s1. The Balaban J connectivity index is 1.80. The van der Waals surface area contributed by atoms with Crippen molar-refractivity contribution < 1.29 is 38.1 Å². The third kappa shape index (κ3) is 4.50. The van der Waals surface area contributed by atoms with Crippen LogP contribution in [0.2, 0.25) is 0 Å². The molecule has 1 saturated heterocycles. The quantitative estimate of drug-likeness (QED) is 0.433. The third-order valence-electron chi connectivity index (χ3n) is 4.29. The number of fused-ring (bicyclic) bond motifs is 3. The van der Waals surface area contributed by atoms with Gasteiger partial charge in [0.2, 0.25) is 0 Å². The molecule has 2 aliphatic heterocycles. The highest BCUT2D eigenvalue weighted by atomic mass is 16.7. The van der Waals surface area contributed by atoms with Gasteiger partial charge in [-0.2, -0.15) is 0 Å². The van der Waals surface area contributed by atoms with Gasteiger partial charge in [-0.15, -0.1) is 0 Å². The average Bonchev–Trinajstić information content (AvgIpc) is 3.07. The Hall–Kier alpha value is -3.08. The van der Waals surface area contributed by atoms with Gasteiger partial charge >= 0.3 is 17.9 Å². The first-order valence-corrected chi connectivity index (χ1v) is 8.92. The molecule has 0 aromatic carbocycles. The van der Waals surface area contributed by atoms with Gasteiger partial charge in [0.25, 0.3) is 5.56 Å². The second-order valence-electron chi connectivity index (χ2n) is 6.93. The van der Waals surface area contributed by atoms with Crippen molar-refractivity contribution in [2.45, 2.75) is 58.2 Å². The van der Waals surface area contributed by atoms with Crippen LogP contribution >= 0.6 is 0 Å². The Bertz CT molecular complexity index is 922. The molecule has 29 heavy (non-hydrogen) atoms. The fraction of sp³-hybridized carbons (Fsp3) is 0.556. The van der Waals surface area contributed by atoms with Crippen LogP contribution < -0.4 is 10.3 Å². The molecule has 0 spiro atoms. The fourth-order valence-electron chi connectivity index (χ4n) is 3.16. The highest BCUT2D eigenvalue weighted by Gasteiger charge is 2.55. The molecule has 3 heterocycles. The average molecular weight is 408 g/mol. The van der Waals surface area contributed by atoms with Crippen LogP contribution in [0.4, 0.5) is 0 Å². The van der Waals surface area contributed by atoms with E-state index < -0.39 is 54.9 Å².